The molecule has 1 saturated heterocycles. The van der Waals surface area contributed by atoms with Gasteiger partial charge in [0, 0.05) is 11.5 Å². The van der Waals surface area contributed by atoms with Crippen LogP contribution in [0, 0.1) is 11.3 Å². The number of rotatable bonds is 2. The highest BCUT2D eigenvalue weighted by atomic mass is 16.5. The van der Waals surface area contributed by atoms with E-state index >= 15 is 0 Å². The molecule has 2 N–H and O–H groups in total. The third kappa shape index (κ3) is 1.30. The van der Waals surface area contributed by atoms with Crippen molar-refractivity contribution < 1.29 is 4.74 Å². The second kappa shape index (κ2) is 3.11. The Morgan fingerprint density at radius 3 is 2.45 bits per heavy atom. The second-order valence-electron chi connectivity index (χ2n) is 3.86. The molecule has 1 fully saturated rings. The van der Waals surface area contributed by atoms with Crippen molar-refractivity contribution in [2.24, 2.45) is 17.1 Å². The lowest BCUT2D eigenvalue weighted by Crippen LogP contribution is -2.43. The maximum atomic E-state index is 6.00. The van der Waals surface area contributed by atoms with Gasteiger partial charge in [-0.2, -0.15) is 0 Å². The zero-order valence-corrected chi connectivity index (χ0v) is 7.76. The SMILES string of the molecule is CCC1(C(C)C)COC[C@H]1N. The highest BCUT2D eigenvalue weighted by molar-refractivity contribution is 4.94. The fourth-order valence-electron chi connectivity index (χ4n) is 2.02. The summed E-state index contributed by atoms with van der Waals surface area (Å²) in [7, 11) is 0. The highest BCUT2D eigenvalue weighted by Gasteiger charge is 2.42. The molecule has 2 atom stereocenters. The van der Waals surface area contributed by atoms with Crippen molar-refractivity contribution in [1.29, 1.82) is 0 Å². The molecule has 0 amide bonds. The summed E-state index contributed by atoms with van der Waals surface area (Å²) < 4.78 is 5.40. The molecule has 0 radical (unpaired) electrons. The van der Waals surface area contributed by atoms with Crippen LogP contribution in [0.3, 0.4) is 0 Å². The molecule has 2 nitrogen and oxygen atoms in total. The van der Waals surface area contributed by atoms with Gasteiger partial charge in [-0.3, -0.25) is 0 Å². The lowest BCUT2D eigenvalue weighted by molar-refractivity contribution is 0.112. The van der Waals surface area contributed by atoms with Crippen LogP contribution < -0.4 is 5.73 Å². The van der Waals surface area contributed by atoms with Gasteiger partial charge in [0.05, 0.1) is 13.2 Å². The van der Waals surface area contributed by atoms with Crippen molar-refractivity contribution in [3.05, 3.63) is 0 Å². The average Bonchev–Trinajstić information content (AvgIpc) is 2.32. The van der Waals surface area contributed by atoms with Gasteiger partial charge in [-0.05, 0) is 12.3 Å². The first-order valence-corrected chi connectivity index (χ1v) is 4.47. The monoisotopic (exact) mass is 157 g/mol. The van der Waals surface area contributed by atoms with E-state index in [0.29, 0.717) is 5.92 Å². The Balaban J connectivity index is 2.73. The second-order valence-corrected chi connectivity index (χ2v) is 3.86. The molecule has 0 saturated carbocycles. The van der Waals surface area contributed by atoms with Gasteiger partial charge in [0.25, 0.3) is 0 Å². The van der Waals surface area contributed by atoms with Crippen LogP contribution in [-0.4, -0.2) is 19.3 Å². The number of ether oxygens (including phenoxy) is 1. The minimum atomic E-state index is 0.243. The van der Waals surface area contributed by atoms with E-state index < -0.39 is 0 Å². The third-order valence-electron chi connectivity index (χ3n) is 3.21. The van der Waals surface area contributed by atoms with Crippen LogP contribution in [0.5, 0.6) is 0 Å². The van der Waals surface area contributed by atoms with Crippen molar-refractivity contribution in [2.75, 3.05) is 13.2 Å². The van der Waals surface area contributed by atoms with Gasteiger partial charge in [-0.1, -0.05) is 20.8 Å². The Hall–Kier alpha value is -0.0800. The largest absolute Gasteiger partial charge is 0.379 e. The van der Waals surface area contributed by atoms with E-state index in [2.05, 4.69) is 20.8 Å². The molecule has 1 aliphatic rings. The summed E-state index contributed by atoms with van der Waals surface area (Å²) in [6.07, 6.45) is 1.13. The number of hydrogen-bond donors (Lipinski definition) is 1. The number of nitrogens with two attached hydrogens (primary N) is 1. The summed E-state index contributed by atoms with van der Waals surface area (Å²) in [5.74, 6) is 0.630. The highest BCUT2D eigenvalue weighted by Crippen LogP contribution is 2.38. The lowest BCUT2D eigenvalue weighted by Gasteiger charge is -2.34. The molecular formula is C9H19NO. The Morgan fingerprint density at radius 2 is 2.27 bits per heavy atom. The summed E-state index contributed by atoms with van der Waals surface area (Å²) in [5, 5.41) is 0. The maximum Gasteiger partial charge on any atom is 0.0624 e. The van der Waals surface area contributed by atoms with E-state index in [0.717, 1.165) is 19.6 Å². The van der Waals surface area contributed by atoms with E-state index in [1.54, 1.807) is 0 Å². The Labute approximate surface area is 69.1 Å². The Kier molecular flexibility index (Phi) is 2.55. The van der Waals surface area contributed by atoms with Crippen molar-refractivity contribution in [3.8, 4) is 0 Å². The molecule has 1 aliphatic heterocycles. The van der Waals surface area contributed by atoms with Gasteiger partial charge >= 0.3 is 0 Å². The van der Waals surface area contributed by atoms with Gasteiger partial charge in [-0.15, -0.1) is 0 Å². The standard InChI is InChI=1S/C9H19NO/c1-4-9(7(2)3)6-11-5-8(9)10/h7-8H,4-6,10H2,1-3H3/t8-,9?/m1/s1. The molecular weight excluding hydrogens is 138 g/mol. The first-order valence-electron chi connectivity index (χ1n) is 4.47. The predicted molar refractivity (Wildman–Crippen MR) is 46.4 cm³/mol. The van der Waals surface area contributed by atoms with E-state index in [-0.39, 0.29) is 11.5 Å². The van der Waals surface area contributed by atoms with Crippen LogP contribution in [-0.2, 0) is 4.74 Å². The molecule has 0 aromatic heterocycles. The zero-order chi connectivity index (χ0) is 8.48. The lowest BCUT2D eigenvalue weighted by atomic mass is 9.72. The van der Waals surface area contributed by atoms with E-state index in [1.807, 2.05) is 0 Å². The maximum absolute atomic E-state index is 6.00. The van der Waals surface area contributed by atoms with Crippen LogP contribution in [0.4, 0.5) is 0 Å². The fraction of sp³-hybridized carbons (Fsp3) is 1.00. The minimum Gasteiger partial charge on any atom is -0.379 e. The molecule has 11 heavy (non-hydrogen) atoms. The van der Waals surface area contributed by atoms with Gasteiger partial charge in [0.1, 0.15) is 0 Å². The molecule has 0 spiro atoms. The van der Waals surface area contributed by atoms with Gasteiger partial charge in [-0.25, -0.2) is 0 Å². The van der Waals surface area contributed by atoms with Crippen LogP contribution in [0.25, 0.3) is 0 Å². The van der Waals surface area contributed by atoms with Gasteiger partial charge in [0.2, 0.25) is 0 Å². The quantitative estimate of drug-likeness (QED) is 0.657. The van der Waals surface area contributed by atoms with Crippen molar-refractivity contribution in [1.82, 2.24) is 0 Å². The summed E-state index contributed by atoms with van der Waals surface area (Å²) in [5.41, 5.74) is 6.25. The van der Waals surface area contributed by atoms with E-state index in [1.165, 1.54) is 0 Å². The van der Waals surface area contributed by atoms with Crippen LogP contribution in [0.15, 0.2) is 0 Å². The first kappa shape index (κ1) is 9.01. The molecule has 0 aromatic carbocycles. The van der Waals surface area contributed by atoms with Crippen molar-refractivity contribution >= 4 is 0 Å². The number of hydrogen-bond acceptors (Lipinski definition) is 2. The van der Waals surface area contributed by atoms with Crippen molar-refractivity contribution in [2.45, 2.75) is 33.2 Å². The van der Waals surface area contributed by atoms with Crippen LogP contribution >= 0.6 is 0 Å². The molecule has 66 valence electrons. The van der Waals surface area contributed by atoms with Crippen LogP contribution in [0.2, 0.25) is 0 Å². The van der Waals surface area contributed by atoms with Crippen molar-refractivity contribution in [3.63, 3.8) is 0 Å². The molecule has 1 rings (SSSR count). The normalized spacial score (nSPS) is 38.5. The minimum absolute atomic E-state index is 0.243. The smallest absolute Gasteiger partial charge is 0.0624 e. The molecule has 1 heterocycles. The van der Waals surface area contributed by atoms with Crippen LogP contribution in [0.1, 0.15) is 27.2 Å². The molecule has 0 bridgehead atoms. The van der Waals surface area contributed by atoms with E-state index in [4.69, 9.17) is 10.5 Å². The summed E-state index contributed by atoms with van der Waals surface area (Å²) in [4.78, 5) is 0. The fourth-order valence-corrected chi connectivity index (χ4v) is 2.02. The Bertz CT molecular complexity index is 136. The van der Waals surface area contributed by atoms with Gasteiger partial charge < -0.3 is 10.5 Å². The first-order chi connectivity index (χ1) is 5.13. The average molecular weight is 157 g/mol. The molecule has 0 aliphatic carbocycles. The topological polar surface area (TPSA) is 35.2 Å². The predicted octanol–water partition coefficient (Wildman–Crippen LogP) is 1.40. The van der Waals surface area contributed by atoms with E-state index in [9.17, 15) is 0 Å². The molecule has 1 unspecified atom stereocenters. The summed E-state index contributed by atoms with van der Waals surface area (Å²) >= 11 is 0. The summed E-state index contributed by atoms with van der Waals surface area (Å²) in [6, 6.07) is 0.243. The zero-order valence-electron chi connectivity index (χ0n) is 7.76. The Morgan fingerprint density at radius 1 is 1.64 bits per heavy atom. The van der Waals surface area contributed by atoms with Gasteiger partial charge in [0.15, 0.2) is 0 Å². The molecule has 0 aromatic rings. The third-order valence-corrected chi connectivity index (χ3v) is 3.21. The summed E-state index contributed by atoms with van der Waals surface area (Å²) in [6.45, 7) is 8.26. The molecule has 2 heteroatoms.